The summed E-state index contributed by atoms with van der Waals surface area (Å²) < 4.78 is 0. The van der Waals surface area contributed by atoms with Gasteiger partial charge in [0, 0.05) is 12.7 Å². The van der Waals surface area contributed by atoms with Gasteiger partial charge < -0.3 is 5.32 Å². The monoisotopic (exact) mass is 233 g/mol. The van der Waals surface area contributed by atoms with Gasteiger partial charge in [-0.25, -0.2) is 0 Å². The van der Waals surface area contributed by atoms with Crippen LogP contribution in [-0.2, 0) is 0 Å². The molecule has 2 fully saturated rings. The summed E-state index contributed by atoms with van der Waals surface area (Å²) in [5.41, 5.74) is 1.10. The van der Waals surface area contributed by atoms with E-state index in [4.69, 9.17) is 0 Å². The maximum atomic E-state index is 10.8. The van der Waals surface area contributed by atoms with Crippen LogP contribution in [0.4, 0.5) is 11.4 Å². The average Bonchev–Trinajstić information content (AvgIpc) is 3.17. The first kappa shape index (κ1) is 10.5. The number of nitrogens with zero attached hydrogens (tertiary/aromatic N) is 2. The minimum absolute atomic E-state index is 0.0686. The van der Waals surface area contributed by atoms with Crippen LogP contribution in [-0.4, -0.2) is 16.5 Å². The van der Waals surface area contributed by atoms with Crippen molar-refractivity contribution in [2.24, 2.45) is 11.3 Å². The molecule has 0 aliphatic heterocycles. The standard InChI is InChI=1S/C12H15N3O2/c16-15(17)11-7-13-6-3-10(11)14-8-12(4-5-12)9-1-2-9/h3,6-7,9H,1-2,4-5,8H2,(H,13,14). The summed E-state index contributed by atoms with van der Waals surface area (Å²) in [6.07, 6.45) is 8.10. The van der Waals surface area contributed by atoms with Gasteiger partial charge >= 0.3 is 5.69 Å². The topological polar surface area (TPSA) is 68.1 Å². The van der Waals surface area contributed by atoms with E-state index in [1.807, 2.05) is 0 Å². The zero-order valence-corrected chi connectivity index (χ0v) is 9.56. The summed E-state index contributed by atoms with van der Waals surface area (Å²) in [5.74, 6) is 0.857. The predicted molar refractivity (Wildman–Crippen MR) is 63.8 cm³/mol. The molecule has 0 saturated heterocycles. The van der Waals surface area contributed by atoms with Crippen molar-refractivity contribution in [3.63, 3.8) is 0 Å². The van der Waals surface area contributed by atoms with Crippen molar-refractivity contribution < 1.29 is 4.92 Å². The Labute approximate surface area is 99.4 Å². The largest absolute Gasteiger partial charge is 0.379 e. The molecule has 1 heterocycles. The van der Waals surface area contributed by atoms with Gasteiger partial charge in [0.05, 0.1) is 4.92 Å². The molecule has 1 N–H and O–H groups in total. The number of aromatic nitrogens is 1. The fourth-order valence-electron chi connectivity index (χ4n) is 2.54. The average molecular weight is 233 g/mol. The van der Waals surface area contributed by atoms with E-state index in [-0.39, 0.29) is 10.6 Å². The molecule has 0 unspecified atom stereocenters. The Morgan fingerprint density at radius 3 is 2.88 bits per heavy atom. The van der Waals surface area contributed by atoms with Gasteiger partial charge in [0.15, 0.2) is 0 Å². The Balaban J connectivity index is 1.70. The van der Waals surface area contributed by atoms with Gasteiger partial charge in [-0.2, -0.15) is 0 Å². The van der Waals surface area contributed by atoms with Crippen LogP contribution in [0.25, 0.3) is 0 Å². The van der Waals surface area contributed by atoms with Crippen LogP contribution < -0.4 is 5.32 Å². The molecule has 1 aromatic heterocycles. The van der Waals surface area contributed by atoms with Gasteiger partial charge in [0.2, 0.25) is 0 Å². The molecule has 0 spiro atoms. The Hall–Kier alpha value is -1.65. The first-order chi connectivity index (χ1) is 8.21. The Kier molecular flexibility index (Phi) is 2.28. The van der Waals surface area contributed by atoms with Crippen LogP contribution in [0, 0.1) is 21.4 Å². The molecule has 2 aliphatic carbocycles. The molecule has 3 rings (SSSR count). The highest BCUT2D eigenvalue weighted by molar-refractivity contribution is 5.59. The van der Waals surface area contributed by atoms with E-state index in [1.54, 1.807) is 12.3 Å². The Morgan fingerprint density at radius 1 is 1.53 bits per heavy atom. The van der Waals surface area contributed by atoms with E-state index >= 15 is 0 Å². The van der Waals surface area contributed by atoms with Crippen LogP contribution in [0.2, 0.25) is 0 Å². The third-order valence-corrected chi connectivity index (χ3v) is 3.96. The highest BCUT2D eigenvalue weighted by Crippen LogP contribution is 2.61. The van der Waals surface area contributed by atoms with Gasteiger partial charge in [-0.1, -0.05) is 0 Å². The molecular weight excluding hydrogens is 218 g/mol. The minimum Gasteiger partial charge on any atom is -0.379 e. The third kappa shape index (κ3) is 1.97. The normalized spacial score (nSPS) is 20.9. The van der Waals surface area contributed by atoms with Crippen molar-refractivity contribution in [3.05, 3.63) is 28.6 Å². The van der Waals surface area contributed by atoms with Gasteiger partial charge in [0.25, 0.3) is 0 Å². The van der Waals surface area contributed by atoms with E-state index in [2.05, 4.69) is 10.3 Å². The number of pyridine rings is 1. The van der Waals surface area contributed by atoms with Crippen molar-refractivity contribution in [2.75, 3.05) is 11.9 Å². The lowest BCUT2D eigenvalue weighted by Crippen LogP contribution is -2.18. The number of hydrogen-bond donors (Lipinski definition) is 1. The second kappa shape index (κ2) is 3.68. The van der Waals surface area contributed by atoms with E-state index in [0.29, 0.717) is 11.1 Å². The second-order valence-electron chi connectivity index (χ2n) is 5.14. The zero-order chi connectivity index (χ0) is 11.9. The van der Waals surface area contributed by atoms with Crippen LogP contribution in [0.3, 0.4) is 0 Å². The van der Waals surface area contributed by atoms with Crippen LogP contribution >= 0.6 is 0 Å². The van der Waals surface area contributed by atoms with Gasteiger partial charge in [-0.05, 0) is 43.1 Å². The van der Waals surface area contributed by atoms with Gasteiger partial charge in [0.1, 0.15) is 11.9 Å². The predicted octanol–water partition coefficient (Wildman–Crippen LogP) is 2.59. The van der Waals surface area contributed by atoms with Crippen molar-refractivity contribution in [1.82, 2.24) is 4.98 Å². The SMILES string of the molecule is O=[N+]([O-])c1cnccc1NCC1(C2CC2)CC1. The lowest BCUT2D eigenvalue weighted by molar-refractivity contribution is -0.384. The zero-order valence-electron chi connectivity index (χ0n) is 9.56. The molecule has 90 valence electrons. The van der Waals surface area contributed by atoms with Crippen LogP contribution in [0.15, 0.2) is 18.5 Å². The summed E-state index contributed by atoms with van der Waals surface area (Å²) >= 11 is 0. The highest BCUT2D eigenvalue weighted by atomic mass is 16.6. The van der Waals surface area contributed by atoms with E-state index in [9.17, 15) is 10.1 Å². The smallest absolute Gasteiger partial charge is 0.310 e. The minimum atomic E-state index is -0.383. The quantitative estimate of drug-likeness (QED) is 0.627. The molecule has 5 heteroatoms. The fraction of sp³-hybridized carbons (Fsp3) is 0.583. The first-order valence-corrected chi connectivity index (χ1v) is 6.04. The molecule has 0 amide bonds. The number of rotatable bonds is 5. The number of nitro groups is 1. The molecule has 0 bridgehead atoms. The van der Waals surface area contributed by atoms with E-state index in [1.165, 1.54) is 31.9 Å². The Bertz CT molecular complexity index is 453. The lowest BCUT2D eigenvalue weighted by Gasteiger charge is -2.15. The molecule has 0 radical (unpaired) electrons. The maximum absolute atomic E-state index is 10.8. The summed E-state index contributed by atoms with van der Waals surface area (Å²) in [6, 6.07) is 1.68. The van der Waals surface area contributed by atoms with Gasteiger partial charge in [-0.3, -0.25) is 15.1 Å². The molecule has 2 saturated carbocycles. The van der Waals surface area contributed by atoms with E-state index < -0.39 is 0 Å². The summed E-state index contributed by atoms with van der Waals surface area (Å²) in [5, 5.41) is 14.1. The van der Waals surface area contributed by atoms with Crippen molar-refractivity contribution in [2.45, 2.75) is 25.7 Å². The fourth-order valence-corrected chi connectivity index (χ4v) is 2.54. The molecule has 0 atom stereocenters. The lowest BCUT2D eigenvalue weighted by atomic mass is 10.0. The summed E-state index contributed by atoms with van der Waals surface area (Å²) in [4.78, 5) is 14.2. The molecule has 5 nitrogen and oxygen atoms in total. The van der Waals surface area contributed by atoms with Crippen LogP contribution in [0.5, 0.6) is 0 Å². The molecular formula is C12H15N3O2. The van der Waals surface area contributed by atoms with E-state index in [0.717, 1.165) is 12.5 Å². The molecule has 17 heavy (non-hydrogen) atoms. The van der Waals surface area contributed by atoms with Crippen molar-refractivity contribution in [1.29, 1.82) is 0 Å². The summed E-state index contributed by atoms with van der Waals surface area (Å²) in [7, 11) is 0. The number of anilines is 1. The Morgan fingerprint density at radius 2 is 2.29 bits per heavy atom. The van der Waals surface area contributed by atoms with Crippen molar-refractivity contribution >= 4 is 11.4 Å². The number of hydrogen-bond acceptors (Lipinski definition) is 4. The molecule has 0 aromatic carbocycles. The molecule has 1 aromatic rings. The summed E-state index contributed by atoms with van der Waals surface area (Å²) in [6.45, 7) is 0.864. The van der Waals surface area contributed by atoms with Gasteiger partial charge in [-0.15, -0.1) is 0 Å². The highest BCUT2D eigenvalue weighted by Gasteiger charge is 2.53. The second-order valence-corrected chi connectivity index (χ2v) is 5.14. The third-order valence-electron chi connectivity index (χ3n) is 3.96. The van der Waals surface area contributed by atoms with Crippen LogP contribution in [0.1, 0.15) is 25.7 Å². The first-order valence-electron chi connectivity index (χ1n) is 6.04. The molecule has 2 aliphatic rings. The maximum Gasteiger partial charge on any atom is 0.310 e. The number of nitrogens with one attached hydrogen (secondary N) is 1. The van der Waals surface area contributed by atoms with Crippen molar-refractivity contribution in [3.8, 4) is 0 Å².